The highest BCUT2D eigenvalue weighted by atomic mass is 16.7. The van der Waals surface area contributed by atoms with Crippen LogP contribution in [-0.4, -0.2) is 30.0 Å². The molecule has 19 heavy (non-hydrogen) atoms. The van der Waals surface area contributed by atoms with Crippen molar-refractivity contribution in [3.63, 3.8) is 0 Å². The minimum absolute atomic E-state index is 0.0871. The summed E-state index contributed by atoms with van der Waals surface area (Å²) in [6.07, 6.45) is 0. The highest BCUT2D eigenvalue weighted by Crippen LogP contribution is 2.21. The first kappa shape index (κ1) is 12.3. The molecule has 0 spiro atoms. The summed E-state index contributed by atoms with van der Waals surface area (Å²) in [5, 5.41) is 3.31. The molecule has 1 aliphatic heterocycles. The summed E-state index contributed by atoms with van der Waals surface area (Å²) in [5.74, 6) is -0.962. The summed E-state index contributed by atoms with van der Waals surface area (Å²) in [6, 6.07) is 5.53. The molecule has 6 nitrogen and oxygen atoms in total. The van der Waals surface area contributed by atoms with Crippen molar-refractivity contribution in [2.24, 2.45) is 0 Å². The van der Waals surface area contributed by atoms with Crippen LogP contribution in [0.15, 0.2) is 27.4 Å². The molecular weight excluding hydrogens is 248 g/mol. The number of aromatic amines is 1. The summed E-state index contributed by atoms with van der Waals surface area (Å²) < 4.78 is 16.1. The SMILES string of the molecule is CC1(C)OCC(Nc2ccc3oc(=O)[nH]c3c2)CO1. The van der Waals surface area contributed by atoms with Crippen molar-refractivity contribution < 1.29 is 13.9 Å². The number of ether oxygens (including phenoxy) is 2. The fraction of sp³-hybridized carbons (Fsp3) is 0.462. The summed E-state index contributed by atoms with van der Waals surface area (Å²) in [6.45, 7) is 4.94. The standard InChI is InChI=1S/C13H16N2O4/c1-13(2)17-6-9(7-18-13)14-8-3-4-11-10(5-8)15-12(16)19-11/h3-5,9,14H,6-7H2,1-2H3,(H,15,16). The zero-order chi connectivity index (χ0) is 13.5. The van der Waals surface area contributed by atoms with Gasteiger partial charge in [-0.1, -0.05) is 0 Å². The number of oxazole rings is 1. The minimum atomic E-state index is -0.516. The van der Waals surface area contributed by atoms with Crippen molar-refractivity contribution in [3.05, 3.63) is 28.7 Å². The van der Waals surface area contributed by atoms with Gasteiger partial charge in [0.2, 0.25) is 0 Å². The van der Waals surface area contributed by atoms with E-state index < -0.39 is 11.5 Å². The molecule has 3 rings (SSSR count). The second-order valence-corrected chi connectivity index (χ2v) is 5.09. The lowest BCUT2D eigenvalue weighted by atomic mass is 10.2. The number of anilines is 1. The Labute approximate surface area is 109 Å². The zero-order valence-corrected chi connectivity index (χ0v) is 10.9. The van der Waals surface area contributed by atoms with Gasteiger partial charge in [-0.05, 0) is 32.0 Å². The molecule has 2 aromatic rings. The van der Waals surface area contributed by atoms with Crippen molar-refractivity contribution in [1.82, 2.24) is 4.98 Å². The van der Waals surface area contributed by atoms with E-state index in [0.717, 1.165) is 5.69 Å². The molecule has 0 aliphatic carbocycles. The Balaban J connectivity index is 1.73. The van der Waals surface area contributed by atoms with Crippen LogP contribution in [0.2, 0.25) is 0 Å². The molecule has 0 bridgehead atoms. The molecule has 1 aromatic carbocycles. The van der Waals surface area contributed by atoms with Gasteiger partial charge < -0.3 is 19.2 Å². The van der Waals surface area contributed by atoms with Crippen LogP contribution in [0.1, 0.15) is 13.8 Å². The number of aromatic nitrogens is 1. The first-order valence-electron chi connectivity index (χ1n) is 6.19. The van der Waals surface area contributed by atoms with Gasteiger partial charge in [0.1, 0.15) is 0 Å². The number of H-pyrrole nitrogens is 1. The second kappa shape index (κ2) is 4.40. The van der Waals surface area contributed by atoms with E-state index in [0.29, 0.717) is 24.3 Å². The number of nitrogens with one attached hydrogen (secondary N) is 2. The lowest BCUT2D eigenvalue weighted by Crippen LogP contribution is -2.45. The van der Waals surface area contributed by atoms with E-state index in [2.05, 4.69) is 10.3 Å². The molecule has 0 unspecified atom stereocenters. The van der Waals surface area contributed by atoms with Crippen LogP contribution in [0.25, 0.3) is 11.1 Å². The fourth-order valence-electron chi connectivity index (χ4n) is 2.05. The lowest BCUT2D eigenvalue weighted by molar-refractivity contribution is -0.247. The van der Waals surface area contributed by atoms with E-state index in [-0.39, 0.29) is 6.04 Å². The zero-order valence-electron chi connectivity index (χ0n) is 10.9. The largest absolute Gasteiger partial charge is 0.417 e. The van der Waals surface area contributed by atoms with Crippen LogP contribution < -0.4 is 11.1 Å². The number of hydrogen-bond donors (Lipinski definition) is 2. The Morgan fingerprint density at radius 2 is 2.05 bits per heavy atom. The molecule has 2 N–H and O–H groups in total. The summed E-state index contributed by atoms with van der Waals surface area (Å²) >= 11 is 0. The molecule has 102 valence electrons. The number of hydrogen-bond acceptors (Lipinski definition) is 5. The Morgan fingerprint density at radius 3 is 2.79 bits per heavy atom. The van der Waals surface area contributed by atoms with Crippen LogP contribution in [0.4, 0.5) is 5.69 Å². The average molecular weight is 264 g/mol. The third-order valence-electron chi connectivity index (χ3n) is 3.05. The first-order chi connectivity index (χ1) is 9.02. The van der Waals surface area contributed by atoms with E-state index in [4.69, 9.17) is 13.9 Å². The van der Waals surface area contributed by atoms with Crippen molar-refractivity contribution in [2.75, 3.05) is 18.5 Å². The molecule has 2 heterocycles. The van der Waals surface area contributed by atoms with Crippen LogP contribution in [0, 0.1) is 0 Å². The Hall–Kier alpha value is -1.79. The smallest absolute Gasteiger partial charge is 0.408 e. The molecular formula is C13H16N2O4. The van der Waals surface area contributed by atoms with Crippen molar-refractivity contribution in [1.29, 1.82) is 0 Å². The monoisotopic (exact) mass is 264 g/mol. The molecule has 0 saturated carbocycles. The maximum atomic E-state index is 11.1. The van der Waals surface area contributed by atoms with Gasteiger partial charge in [-0.15, -0.1) is 0 Å². The molecule has 0 amide bonds. The van der Waals surface area contributed by atoms with E-state index in [1.165, 1.54) is 0 Å². The average Bonchev–Trinajstić information content (AvgIpc) is 2.71. The van der Waals surface area contributed by atoms with Crippen LogP contribution >= 0.6 is 0 Å². The van der Waals surface area contributed by atoms with Gasteiger partial charge >= 0.3 is 5.76 Å². The Bertz CT molecular complexity index is 633. The van der Waals surface area contributed by atoms with E-state index >= 15 is 0 Å². The molecule has 0 radical (unpaired) electrons. The van der Waals surface area contributed by atoms with Crippen LogP contribution in [-0.2, 0) is 9.47 Å². The quantitative estimate of drug-likeness (QED) is 0.863. The predicted octanol–water partition coefficient (Wildman–Crippen LogP) is 1.68. The second-order valence-electron chi connectivity index (χ2n) is 5.09. The lowest BCUT2D eigenvalue weighted by Gasteiger charge is -2.35. The van der Waals surface area contributed by atoms with Gasteiger partial charge in [-0.2, -0.15) is 0 Å². The molecule has 1 saturated heterocycles. The Kier molecular flexibility index (Phi) is 2.83. The summed E-state index contributed by atoms with van der Waals surface area (Å²) in [4.78, 5) is 13.7. The van der Waals surface area contributed by atoms with Crippen molar-refractivity contribution in [3.8, 4) is 0 Å². The maximum absolute atomic E-state index is 11.1. The summed E-state index contributed by atoms with van der Waals surface area (Å²) in [7, 11) is 0. The highest BCUT2D eigenvalue weighted by Gasteiger charge is 2.28. The van der Waals surface area contributed by atoms with E-state index in [9.17, 15) is 4.79 Å². The fourth-order valence-corrected chi connectivity index (χ4v) is 2.05. The normalized spacial score (nSPS) is 19.7. The number of rotatable bonds is 2. The number of fused-ring (bicyclic) bond motifs is 1. The molecule has 1 aromatic heterocycles. The maximum Gasteiger partial charge on any atom is 0.417 e. The highest BCUT2D eigenvalue weighted by molar-refractivity contribution is 5.76. The molecule has 1 fully saturated rings. The van der Waals surface area contributed by atoms with Gasteiger partial charge in [0.25, 0.3) is 0 Å². The molecule has 0 atom stereocenters. The predicted molar refractivity (Wildman–Crippen MR) is 70.2 cm³/mol. The van der Waals surface area contributed by atoms with E-state index in [1.807, 2.05) is 26.0 Å². The third-order valence-corrected chi connectivity index (χ3v) is 3.05. The van der Waals surface area contributed by atoms with E-state index in [1.54, 1.807) is 6.07 Å². The van der Waals surface area contributed by atoms with Gasteiger partial charge in [-0.3, -0.25) is 4.98 Å². The first-order valence-corrected chi connectivity index (χ1v) is 6.19. The van der Waals surface area contributed by atoms with Gasteiger partial charge in [0.05, 0.1) is 24.8 Å². The third kappa shape index (κ3) is 2.64. The van der Waals surface area contributed by atoms with Crippen LogP contribution in [0.5, 0.6) is 0 Å². The minimum Gasteiger partial charge on any atom is -0.408 e. The van der Waals surface area contributed by atoms with Gasteiger partial charge in [0.15, 0.2) is 11.4 Å². The molecule has 6 heteroatoms. The molecule has 1 aliphatic rings. The van der Waals surface area contributed by atoms with Gasteiger partial charge in [-0.25, -0.2) is 4.79 Å². The van der Waals surface area contributed by atoms with Crippen molar-refractivity contribution >= 4 is 16.8 Å². The Morgan fingerprint density at radius 1 is 1.32 bits per heavy atom. The van der Waals surface area contributed by atoms with Crippen LogP contribution in [0.3, 0.4) is 0 Å². The van der Waals surface area contributed by atoms with Crippen molar-refractivity contribution in [2.45, 2.75) is 25.7 Å². The number of benzene rings is 1. The van der Waals surface area contributed by atoms with Gasteiger partial charge in [0, 0.05) is 5.69 Å². The summed E-state index contributed by atoms with van der Waals surface area (Å²) in [5.41, 5.74) is 2.11. The topological polar surface area (TPSA) is 76.5 Å².